The van der Waals surface area contributed by atoms with Gasteiger partial charge in [0, 0.05) is 27.2 Å². The summed E-state index contributed by atoms with van der Waals surface area (Å²) in [5.41, 5.74) is 1.46. The van der Waals surface area contributed by atoms with Crippen molar-refractivity contribution in [3.63, 3.8) is 0 Å². The molecule has 0 aromatic heterocycles. The lowest BCUT2D eigenvalue weighted by Crippen LogP contribution is -2.46. The van der Waals surface area contributed by atoms with Gasteiger partial charge in [-0.2, -0.15) is 0 Å². The van der Waals surface area contributed by atoms with Crippen LogP contribution in [0.5, 0.6) is 0 Å². The highest BCUT2D eigenvalue weighted by molar-refractivity contribution is 14.1. The number of nitrogens with one attached hydrogen (secondary N) is 1. The minimum Gasteiger partial charge on any atom is -0.369 e. The summed E-state index contributed by atoms with van der Waals surface area (Å²) in [6, 6.07) is 6.14. The van der Waals surface area contributed by atoms with Gasteiger partial charge in [0.05, 0.1) is 5.69 Å². The molecule has 0 atom stereocenters. The summed E-state index contributed by atoms with van der Waals surface area (Å²) in [5.74, 6) is 0. The molecule has 1 aromatic carbocycles. The van der Waals surface area contributed by atoms with Crippen LogP contribution in [0.25, 0.3) is 0 Å². The molecule has 1 saturated heterocycles. The maximum Gasteiger partial charge on any atom is 0.0503 e. The van der Waals surface area contributed by atoms with Gasteiger partial charge in [-0.1, -0.05) is 11.6 Å². The number of hydrogen-bond donors (Lipinski definition) is 1. The molecule has 1 N–H and O–H groups in total. The van der Waals surface area contributed by atoms with Crippen LogP contribution >= 0.6 is 34.2 Å². The summed E-state index contributed by atoms with van der Waals surface area (Å²) < 4.78 is 1.23. The topological polar surface area (TPSA) is 15.3 Å². The Morgan fingerprint density at radius 2 is 2.18 bits per heavy atom. The minimum absolute atomic E-state index is 0.166. The molecule has 94 valence electrons. The highest BCUT2D eigenvalue weighted by atomic mass is 127. The molecular formula is C13H18ClIN2. The first-order chi connectivity index (χ1) is 7.98. The molecule has 0 spiro atoms. The van der Waals surface area contributed by atoms with E-state index >= 15 is 0 Å². The zero-order chi connectivity index (χ0) is 12.5. The van der Waals surface area contributed by atoms with E-state index in [1.54, 1.807) is 0 Å². The van der Waals surface area contributed by atoms with Crippen molar-refractivity contribution in [2.45, 2.75) is 25.8 Å². The molecule has 0 unspecified atom stereocenters. The fourth-order valence-electron chi connectivity index (χ4n) is 2.25. The molecule has 0 amide bonds. The van der Waals surface area contributed by atoms with Crippen molar-refractivity contribution in [3.8, 4) is 0 Å². The minimum atomic E-state index is 0.166. The Morgan fingerprint density at radius 3 is 2.88 bits per heavy atom. The fourth-order valence-corrected chi connectivity index (χ4v) is 3.46. The molecule has 0 saturated carbocycles. The zero-order valence-corrected chi connectivity index (χ0v) is 13.2. The fraction of sp³-hybridized carbons (Fsp3) is 0.538. The second kappa shape index (κ2) is 5.33. The second-order valence-corrected chi connectivity index (χ2v) is 6.78. The van der Waals surface area contributed by atoms with Crippen LogP contribution < -0.4 is 10.2 Å². The Balaban J connectivity index is 2.25. The van der Waals surface area contributed by atoms with Crippen LogP contribution in [0.15, 0.2) is 18.2 Å². The molecule has 4 heteroatoms. The summed E-state index contributed by atoms with van der Waals surface area (Å²) in [6.45, 7) is 7.74. The highest BCUT2D eigenvalue weighted by Crippen LogP contribution is 2.27. The average Bonchev–Trinajstić information content (AvgIpc) is 2.39. The number of halogens is 2. The SMILES string of the molecule is CC1(C)CN(c2ccc(Cl)cc2I)CCCN1. The van der Waals surface area contributed by atoms with E-state index in [4.69, 9.17) is 11.6 Å². The second-order valence-electron chi connectivity index (χ2n) is 5.18. The Bertz CT molecular complexity index is 406. The van der Waals surface area contributed by atoms with E-state index in [-0.39, 0.29) is 5.54 Å². The maximum atomic E-state index is 6.01. The molecule has 0 bridgehead atoms. The molecule has 1 fully saturated rings. The maximum absolute atomic E-state index is 6.01. The van der Waals surface area contributed by atoms with Gasteiger partial charge in [0.15, 0.2) is 0 Å². The largest absolute Gasteiger partial charge is 0.369 e. The first kappa shape index (κ1) is 13.4. The number of hydrogen-bond acceptors (Lipinski definition) is 2. The zero-order valence-electron chi connectivity index (χ0n) is 10.3. The normalized spacial score (nSPS) is 20.1. The molecule has 1 aliphatic heterocycles. The molecule has 17 heavy (non-hydrogen) atoms. The molecule has 2 rings (SSSR count). The van der Waals surface area contributed by atoms with E-state index in [0.29, 0.717) is 0 Å². The van der Waals surface area contributed by atoms with Gasteiger partial charge in [0.1, 0.15) is 0 Å². The summed E-state index contributed by atoms with van der Waals surface area (Å²) in [4.78, 5) is 2.46. The molecule has 0 aliphatic carbocycles. The van der Waals surface area contributed by atoms with Crippen molar-refractivity contribution < 1.29 is 0 Å². The van der Waals surface area contributed by atoms with Crippen LogP contribution in [0.2, 0.25) is 5.02 Å². The Hall–Kier alpha value is -0.0000000000000000763. The van der Waals surface area contributed by atoms with Gasteiger partial charge in [0.2, 0.25) is 0 Å². The van der Waals surface area contributed by atoms with E-state index in [0.717, 1.165) is 24.7 Å². The highest BCUT2D eigenvalue weighted by Gasteiger charge is 2.24. The quantitative estimate of drug-likeness (QED) is 0.767. The van der Waals surface area contributed by atoms with Crippen molar-refractivity contribution in [1.82, 2.24) is 5.32 Å². The molecular weight excluding hydrogens is 347 g/mol. The lowest BCUT2D eigenvalue weighted by molar-refractivity contribution is 0.416. The number of nitrogens with zero attached hydrogens (tertiary/aromatic N) is 1. The van der Waals surface area contributed by atoms with Crippen molar-refractivity contribution >= 4 is 39.9 Å². The van der Waals surface area contributed by atoms with Gasteiger partial charge in [-0.25, -0.2) is 0 Å². The Kier molecular flexibility index (Phi) is 4.21. The first-order valence-corrected chi connectivity index (χ1v) is 7.39. The first-order valence-electron chi connectivity index (χ1n) is 5.93. The van der Waals surface area contributed by atoms with Gasteiger partial charge >= 0.3 is 0 Å². The van der Waals surface area contributed by atoms with Gasteiger partial charge in [0.25, 0.3) is 0 Å². The predicted molar refractivity (Wildman–Crippen MR) is 83.1 cm³/mol. The summed E-state index contributed by atoms with van der Waals surface area (Å²) >= 11 is 8.37. The number of rotatable bonds is 1. The van der Waals surface area contributed by atoms with E-state index in [1.165, 1.54) is 15.7 Å². The van der Waals surface area contributed by atoms with Crippen LogP contribution in [0.3, 0.4) is 0 Å². The van der Waals surface area contributed by atoms with Crippen LogP contribution in [-0.2, 0) is 0 Å². The molecule has 1 aliphatic rings. The van der Waals surface area contributed by atoms with Crippen LogP contribution in [-0.4, -0.2) is 25.2 Å². The van der Waals surface area contributed by atoms with E-state index < -0.39 is 0 Å². The molecule has 1 heterocycles. The van der Waals surface area contributed by atoms with Crippen molar-refractivity contribution in [2.75, 3.05) is 24.5 Å². The number of anilines is 1. The molecule has 1 aromatic rings. The van der Waals surface area contributed by atoms with Gasteiger partial charge in [-0.05, 0) is 67.6 Å². The molecule has 0 radical (unpaired) electrons. The third kappa shape index (κ3) is 3.48. The van der Waals surface area contributed by atoms with E-state index in [1.807, 2.05) is 12.1 Å². The lowest BCUT2D eigenvalue weighted by atomic mass is 10.1. The van der Waals surface area contributed by atoms with Crippen LogP contribution in [0.1, 0.15) is 20.3 Å². The third-order valence-corrected chi connectivity index (χ3v) is 4.14. The third-order valence-electron chi connectivity index (χ3n) is 3.04. The number of benzene rings is 1. The summed E-state index contributed by atoms with van der Waals surface area (Å²) in [7, 11) is 0. The standard InChI is InChI=1S/C13H18ClIN2/c1-13(2)9-17(7-3-6-16-13)12-5-4-10(14)8-11(12)15/h4-5,8,16H,3,6-7,9H2,1-2H3. The monoisotopic (exact) mass is 364 g/mol. The lowest BCUT2D eigenvalue weighted by Gasteiger charge is -2.32. The Morgan fingerprint density at radius 1 is 1.41 bits per heavy atom. The summed E-state index contributed by atoms with van der Waals surface area (Å²) in [5, 5.41) is 4.39. The van der Waals surface area contributed by atoms with Crippen molar-refractivity contribution in [3.05, 3.63) is 26.8 Å². The molecule has 2 nitrogen and oxygen atoms in total. The average molecular weight is 365 g/mol. The van der Waals surface area contributed by atoms with E-state index in [9.17, 15) is 0 Å². The summed E-state index contributed by atoms with van der Waals surface area (Å²) in [6.07, 6.45) is 1.18. The van der Waals surface area contributed by atoms with Crippen molar-refractivity contribution in [2.24, 2.45) is 0 Å². The van der Waals surface area contributed by atoms with Crippen LogP contribution in [0.4, 0.5) is 5.69 Å². The predicted octanol–water partition coefficient (Wildman–Crippen LogP) is 3.52. The van der Waals surface area contributed by atoms with Gasteiger partial charge < -0.3 is 10.2 Å². The van der Waals surface area contributed by atoms with E-state index in [2.05, 4.69) is 52.7 Å². The smallest absolute Gasteiger partial charge is 0.0503 e. The van der Waals surface area contributed by atoms with Crippen molar-refractivity contribution in [1.29, 1.82) is 0 Å². The van der Waals surface area contributed by atoms with Gasteiger partial charge in [-0.15, -0.1) is 0 Å². The van der Waals surface area contributed by atoms with Gasteiger partial charge in [-0.3, -0.25) is 0 Å². The van der Waals surface area contributed by atoms with Crippen LogP contribution in [0, 0.1) is 3.57 Å². The Labute approximate surface area is 122 Å².